The summed E-state index contributed by atoms with van der Waals surface area (Å²) < 4.78 is 0. The largest absolute Gasteiger partial charge is 0.480 e. The van der Waals surface area contributed by atoms with Gasteiger partial charge in [0.2, 0.25) is 11.6 Å². The van der Waals surface area contributed by atoms with E-state index in [0.717, 1.165) is 5.56 Å². The first-order valence-electron chi connectivity index (χ1n) is 6.36. The highest BCUT2D eigenvalue weighted by Gasteiger charge is 2.18. The first-order chi connectivity index (χ1) is 9.97. The average Bonchev–Trinajstić information content (AvgIpc) is 2.94. The highest BCUT2D eigenvalue weighted by molar-refractivity contribution is 5.92. The number of aryl methyl sites for hydroxylation is 1. The van der Waals surface area contributed by atoms with Crippen molar-refractivity contribution in [3.63, 3.8) is 0 Å². The molecule has 8 heteroatoms. The molecule has 1 aromatic heterocycles. The lowest BCUT2D eigenvalue weighted by Crippen LogP contribution is -2.30. The van der Waals surface area contributed by atoms with E-state index in [-0.39, 0.29) is 24.4 Å². The Morgan fingerprint density at radius 1 is 1.33 bits per heavy atom. The number of nitrogens with zero attached hydrogens (tertiary/aromatic N) is 4. The molecular weight excluding hydrogens is 274 g/mol. The van der Waals surface area contributed by atoms with Gasteiger partial charge in [0, 0.05) is 6.42 Å². The molecule has 1 unspecified atom stereocenters. The van der Waals surface area contributed by atoms with E-state index in [1.54, 1.807) is 0 Å². The molecule has 2 rings (SSSR count). The van der Waals surface area contributed by atoms with Crippen LogP contribution in [0.1, 0.15) is 29.0 Å². The van der Waals surface area contributed by atoms with E-state index >= 15 is 0 Å². The van der Waals surface area contributed by atoms with Crippen LogP contribution in [0.4, 0.5) is 0 Å². The van der Waals surface area contributed by atoms with E-state index in [4.69, 9.17) is 10.8 Å². The lowest BCUT2D eigenvalue weighted by atomic mass is 10.1. The van der Waals surface area contributed by atoms with Gasteiger partial charge in [0.15, 0.2) is 0 Å². The van der Waals surface area contributed by atoms with Gasteiger partial charge in [0.05, 0.1) is 5.69 Å². The topological polar surface area (TPSA) is 124 Å². The summed E-state index contributed by atoms with van der Waals surface area (Å²) in [5.74, 6) is -1.57. The van der Waals surface area contributed by atoms with Gasteiger partial charge in [-0.15, -0.1) is 15.0 Å². The number of tetrazole rings is 1. The van der Waals surface area contributed by atoms with Crippen LogP contribution < -0.4 is 5.73 Å². The number of hydrogen-bond donors (Lipinski definition) is 2. The lowest BCUT2D eigenvalue weighted by Gasteiger charge is -2.03. The Balaban J connectivity index is 2.04. The molecule has 0 spiro atoms. The van der Waals surface area contributed by atoms with E-state index in [9.17, 15) is 9.59 Å². The van der Waals surface area contributed by atoms with Crippen molar-refractivity contribution in [1.29, 1.82) is 0 Å². The molecule has 0 aliphatic rings. The number of aromatic nitrogens is 4. The molecule has 0 aliphatic carbocycles. The Morgan fingerprint density at radius 2 is 2.00 bits per heavy atom. The van der Waals surface area contributed by atoms with Crippen LogP contribution in [0.15, 0.2) is 24.3 Å². The Kier molecular flexibility index (Phi) is 4.39. The first kappa shape index (κ1) is 14.8. The second kappa shape index (κ2) is 6.23. The third-order valence-corrected chi connectivity index (χ3v) is 2.93. The SMILES string of the molecule is Cc1ccc(-n2nnc(C(=O)CCC(N)C(=O)O)n2)cc1. The summed E-state index contributed by atoms with van der Waals surface area (Å²) >= 11 is 0. The lowest BCUT2D eigenvalue weighted by molar-refractivity contribution is -0.138. The van der Waals surface area contributed by atoms with Crippen molar-refractivity contribution in [2.45, 2.75) is 25.8 Å². The predicted octanol–water partition coefficient (Wildman–Crippen LogP) is 0.346. The average molecular weight is 289 g/mol. The van der Waals surface area contributed by atoms with Crippen molar-refractivity contribution in [3.8, 4) is 5.69 Å². The Morgan fingerprint density at radius 3 is 2.62 bits per heavy atom. The zero-order valence-electron chi connectivity index (χ0n) is 11.4. The molecule has 0 fully saturated rings. The molecule has 0 saturated heterocycles. The molecule has 8 nitrogen and oxygen atoms in total. The van der Waals surface area contributed by atoms with Crippen LogP contribution in [0, 0.1) is 6.92 Å². The molecule has 1 heterocycles. The minimum Gasteiger partial charge on any atom is -0.480 e. The number of aliphatic carboxylic acids is 1. The smallest absolute Gasteiger partial charge is 0.320 e. The first-order valence-corrected chi connectivity index (χ1v) is 6.36. The van der Waals surface area contributed by atoms with Gasteiger partial charge in [0.25, 0.3) is 0 Å². The number of Topliss-reactive ketones (excluding diaryl/α,β-unsaturated/α-hetero) is 1. The molecule has 0 amide bonds. The summed E-state index contributed by atoms with van der Waals surface area (Å²) in [5, 5.41) is 20.1. The number of carbonyl (C=O) groups excluding carboxylic acids is 1. The Hall–Kier alpha value is -2.61. The molecule has 0 bridgehead atoms. The summed E-state index contributed by atoms with van der Waals surface area (Å²) in [7, 11) is 0. The van der Waals surface area contributed by atoms with E-state index < -0.39 is 12.0 Å². The van der Waals surface area contributed by atoms with Crippen LogP contribution in [0.25, 0.3) is 5.69 Å². The van der Waals surface area contributed by atoms with Gasteiger partial charge >= 0.3 is 5.97 Å². The van der Waals surface area contributed by atoms with Crippen LogP contribution in [0.3, 0.4) is 0 Å². The number of carboxylic acid groups (broad SMARTS) is 1. The minimum absolute atomic E-state index is 0.0347. The molecule has 110 valence electrons. The highest BCUT2D eigenvalue weighted by Crippen LogP contribution is 2.07. The van der Waals surface area contributed by atoms with Crippen LogP contribution in [0.5, 0.6) is 0 Å². The third-order valence-electron chi connectivity index (χ3n) is 2.93. The molecule has 21 heavy (non-hydrogen) atoms. The van der Waals surface area contributed by atoms with Crippen molar-refractivity contribution in [2.75, 3.05) is 0 Å². The summed E-state index contributed by atoms with van der Waals surface area (Å²) in [6.07, 6.45) is 0.000294. The number of rotatable bonds is 6. The van der Waals surface area contributed by atoms with Crippen molar-refractivity contribution >= 4 is 11.8 Å². The quantitative estimate of drug-likeness (QED) is 0.735. The Bertz CT molecular complexity index is 650. The molecule has 1 aromatic carbocycles. The fraction of sp³-hybridized carbons (Fsp3) is 0.308. The van der Waals surface area contributed by atoms with Gasteiger partial charge in [-0.25, -0.2) is 0 Å². The van der Waals surface area contributed by atoms with Crippen LogP contribution in [0.2, 0.25) is 0 Å². The van der Waals surface area contributed by atoms with Gasteiger partial charge in [-0.3, -0.25) is 9.59 Å². The number of carboxylic acids is 1. The van der Waals surface area contributed by atoms with E-state index in [2.05, 4.69) is 15.4 Å². The maximum Gasteiger partial charge on any atom is 0.320 e. The van der Waals surface area contributed by atoms with Crippen LogP contribution in [-0.2, 0) is 4.79 Å². The highest BCUT2D eigenvalue weighted by atomic mass is 16.4. The normalized spacial score (nSPS) is 12.1. The van der Waals surface area contributed by atoms with Gasteiger partial charge in [0.1, 0.15) is 6.04 Å². The van der Waals surface area contributed by atoms with Crippen LogP contribution >= 0.6 is 0 Å². The van der Waals surface area contributed by atoms with E-state index in [0.29, 0.717) is 5.69 Å². The van der Waals surface area contributed by atoms with Crippen LogP contribution in [-0.4, -0.2) is 43.1 Å². The maximum atomic E-state index is 11.8. The summed E-state index contributed by atoms with van der Waals surface area (Å²) in [4.78, 5) is 23.7. The van der Waals surface area contributed by atoms with Crippen molar-refractivity contribution in [3.05, 3.63) is 35.7 Å². The molecule has 0 saturated carbocycles. The molecule has 0 radical (unpaired) electrons. The van der Waals surface area contributed by atoms with Gasteiger partial charge in [-0.2, -0.15) is 0 Å². The van der Waals surface area contributed by atoms with Crippen molar-refractivity contribution in [1.82, 2.24) is 20.2 Å². The molecule has 1 atom stereocenters. The molecular formula is C13H15N5O3. The number of carbonyl (C=O) groups is 2. The molecule has 0 aliphatic heterocycles. The Labute approximate surface area is 120 Å². The maximum absolute atomic E-state index is 11.8. The number of hydrogen-bond acceptors (Lipinski definition) is 6. The minimum atomic E-state index is -1.14. The second-order valence-electron chi connectivity index (χ2n) is 4.64. The monoisotopic (exact) mass is 289 g/mol. The van der Waals surface area contributed by atoms with Gasteiger partial charge in [-0.1, -0.05) is 17.7 Å². The number of nitrogens with two attached hydrogens (primary N) is 1. The second-order valence-corrected chi connectivity index (χ2v) is 4.64. The van der Waals surface area contributed by atoms with Gasteiger partial charge in [-0.05, 0) is 30.7 Å². The standard InChI is InChI=1S/C13H15N5O3/c1-8-2-4-9(5-3-8)18-16-12(15-17-18)11(19)7-6-10(14)13(20)21/h2-5,10H,6-7,14H2,1H3,(H,20,21). The molecule has 2 aromatic rings. The zero-order valence-corrected chi connectivity index (χ0v) is 11.4. The fourth-order valence-electron chi connectivity index (χ4n) is 1.64. The predicted molar refractivity (Wildman–Crippen MR) is 73.1 cm³/mol. The third kappa shape index (κ3) is 3.69. The number of benzene rings is 1. The zero-order chi connectivity index (χ0) is 15.4. The van der Waals surface area contributed by atoms with Crippen molar-refractivity contribution < 1.29 is 14.7 Å². The van der Waals surface area contributed by atoms with E-state index in [1.165, 1.54) is 4.80 Å². The fourth-order valence-corrected chi connectivity index (χ4v) is 1.64. The van der Waals surface area contributed by atoms with Crippen molar-refractivity contribution in [2.24, 2.45) is 5.73 Å². The van der Waals surface area contributed by atoms with Gasteiger partial charge < -0.3 is 10.8 Å². The molecule has 3 N–H and O–H groups in total. The summed E-state index contributed by atoms with van der Waals surface area (Å²) in [5.41, 5.74) is 7.12. The summed E-state index contributed by atoms with van der Waals surface area (Å²) in [6, 6.07) is 6.34. The van der Waals surface area contributed by atoms with E-state index in [1.807, 2.05) is 31.2 Å². The summed E-state index contributed by atoms with van der Waals surface area (Å²) in [6.45, 7) is 1.96. The number of ketones is 1.